The van der Waals surface area contributed by atoms with Crippen LogP contribution < -0.4 is 5.73 Å². The second-order valence-electron chi connectivity index (χ2n) is 4.20. The zero-order valence-electron chi connectivity index (χ0n) is 8.98. The second kappa shape index (κ2) is 3.24. The van der Waals surface area contributed by atoms with Gasteiger partial charge in [-0.3, -0.25) is 0 Å². The molecule has 1 unspecified atom stereocenters. The SMILES string of the molecule is C=C(N)C1C=Cc2cccc3cccc1c23. The first-order chi connectivity index (χ1) is 7.77. The summed E-state index contributed by atoms with van der Waals surface area (Å²) >= 11 is 0. The maximum Gasteiger partial charge on any atom is 0.0419 e. The largest absolute Gasteiger partial charge is 0.402 e. The van der Waals surface area contributed by atoms with Crippen molar-refractivity contribution in [3.63, 3.8) is 0 Å². The van der Waals surface area contributed by atoms with Crippen molar-refractivity contribution >= 4 is 16.8 Å². The highest BCUT2D eigenvalue weighted by molar-refractivity contribution is 5.96. The van der Waals surface area contributed by atoms with Crippen LogP contribution in [0.5, 0.6) is 0 Å². The van der Waals surface area contributed by atoms with Crippen molar-refractivity contribution in [1.82, 2.24) is 0 Å². The summed E-state index contributed by atoms with van der Waals surface area (Å²) in [6, 6.07) is 12.7. The monoisotopic (exact) mass is 207 g/mol. The summed E-state index contributed by atoms with van der Waals surface area (Å²) in [4.78, 5) is 0. The highest BCUT2D eigenvalue weighted by atomic mass is 14.6. The number of rotatable bonds is 1. The van der Waals surface area contributed by atoms with Crippen molar-refractivity contribution in [3.05, 3.63) is 65.9 Å². The molecule has 0 heterocycles. The highest BCUT2D eigenvalue weighted by Gasteiger charge is 2.17. The Balaban J connectivity index is 2.40. The van der Waals surface area contributed by atoms with Gasteiger partial charge < -0.3 is 5.73 Å². The van der Waals surface area contributed by atoms with Crippen LogP contribution >= 0.6 is 0 Å². The molecule has 78 valence electrons. The number of hydrogen-bond donors (Lipinski definition) is 1. The molecule has 2 N–H and O–H groups in total. The van der Waals surface area contributed by atoms with Gasteiger partial charge in [-0.2, -0.15) is 0 Å². The number of allylic oxidation sites excluding steroid dienone is 1. The van der Waals surface area contributed by atoms with E-state index in [2.05, 4.69) is 55.1 Å². The Hall–Kier alpha value is -2.02. The lowest BCUT2D eigenvalue weighted by atomic mass is 9.85. The van der Waals surface area contributed by atoms with Gasteiger partial charge in [-0.05, 0) is 21.9 Å². The maximum atomic E-state index is 5.85. The molecule has 0 saturated carbocycles. The standard InChI is InChI=1S/C15H13N/c1-10(16)13-9-8-12-5-2-4-11-6-3-7-14(13)15(11)12/h2-9,13H,1,16H2. The maximum absolute atomic E-state index is 5.85. The first kappa shape index (κ1) is 9.22. The van der Waals surface area contributed by atoms with Gasteiger partial charge in [0.05, 0.1) is 0 Å². The third-order valence-corrected chi connectivity index (χ3v) is 3.17. The summed E-state index contributed by atoms with van der Waals surface area (Å²) < 4.78 is 0. The molecular formula is C15H13N. The molecule has 0 fully saturated rings. The lowest BCUT2D eigenvalue weighted by molar-refractivity contribution is 0.986. The van der Waals surface area contributed by atoms with E-state index in [1.54, 1.807) is 0 Å². The fourth-order valence-corrected chi connectivity index (χ4v) is 2.42. The Morgan fingerprint density at radius 1 is 1.12 bits per heavy atom. The Labute approximate surface area is 94.9 Å². The topological polar surface area (TPSA) is 26.0 Å². The predicted octanol–water partition coefficient (Wildman–Crippen LogP) is 3.42. The van der Waals surface area contributed by atoms with Crippen LogP contribution in [0.3, 0.4) is 0 Å². The summed E-state index contributed by atoms with van der Waals surface area (Å²) in [5, 5.41) is 2.58. The van der Waals surface area contributed by atoms with E-state index < -0.39 is 0 Å². The first-order valence-corrected chi connectivity index (χ1v) is 5.41. The van der Waals surface area contributed by atoms with Crippen molar-refractivity contribution in [3.8, 4) is 0 Å². The van der Waals surface area contributed by atoms with Gasteiger partial charge in [0, 0.05) is 11.6 Å². The fourth-order valence-electron chi connectivity index (χ4n) is 2.42. The lowest BCUT2D eigenvalue weighted by Gasteiger charge is -2.21. The van der Waals surface area contributed by atoms with Crippen molar-refractivity contribution in [2.75, 3.05) is 0 Å². The first-order valence-electron chi connectivity index (χ1n) is 5.41. The highest BCUT2D eigenvalue weighted by Crippen LogP contribution is 2.36. The summed E-state index contributed by atoms with van der Waals surface area (Å²) in [6.07, 6.45) is 4.26. The molecule has 3 rings (SSSR count). The van der Waals surface area contributed by atoms with Gasteiger partial charge in [0.25, 0.3) is 0 Å². The average Bonchev–Trinajstić information content (AvgIpc) is 2.30. The van der Waals surface area contributed by atoms with E-state index in [0.717, 1.165) is 0 Å². The predicted molar refractivity (Wildman–Crippen MR) is 69.1 cm³/mol. The van der Waals surface area contributed by atoms with Gasteiger partial charge in [0.2, 0.25) is 0 Å². The van der Waals surface area contributed by atoms with E-state index in [4.69, 9.17) is 5.73 Å². The van der Waals surface area contributed by atoms with Crippen LogP contribution in [0, 0.1) is 0 Å². The molecule has 0 aliphatic heterocycles. The van der Waals surface area contributed by atoms with Gasteiger partial charge in [0.15, 0.2) is 0 Å². The molecular weight excluding hydrogens is 194 g/mol. The summed E-state index contributed by atoms with van der Waals surface area (Å²) in [5.74, 6) is 0.151. The van der Waals surface area contributed by atoms with Gasteiger partial charge in [-0.25, -0.2) is 0 Å². The minimum atomic E-state index is 0.151. The van der Waals surface area contributed by atoms with E-state index in [9.17, 15) is 0 Å². The van der Waals surface area contributed by atoms with Crippen LogP contribution in [0.25, 0.3) is 16.8 Å². The third-order valence-electron chi connectivity index (χ3n) is 3.17. The Kier molecular flexibility index (Phi) is 1.87. The number of nitrogens with two attached hydrogens (primary N) is 1. The molecule has 2 aromatic carbocycles. The fraction of sp³-hybridized carbons (Fsp3) is 0.0667. The van der Waals surface area contributed by atoms with Crippen LogP contribution in [0.1, 0.15) is 17.0 Å². The van der Waals surface area contributed by atoms with Gasteiger partial charge in [0.1, 0.15) is 0 Å². The van der Waals surface area contributed by atoms with Crippen LogP contribution in [0.4, 0.5) is 0 Å². The van der Waals surface area contributed by atoms with E-state index >= 15 is 0 Å². The molecule has 0 bridgehead atoms. The van der Waals surface area contributed by atoms with Crippen LogP contribution in [-0.2, 0) is 0 Å². The summed E-state index contributed by atoms with van der Waals surface area (Å²) in [6.45, 7) is 3.87. The average molecular weight is 207 g/mol. The lowest BCUT2D eigenvalue weighted by Crippen LogP contribution is -2.09. The molecule has 1 aliphatic carbocycles. The Morgan fingerprint density at radius 3 is 2.62 bits per heavy atom. The molecule has 0 saturated heterocycles. The van der Waals surface area contributed by atoms with E-state index in [1.165, 1.54) is 21.9 Å². The Morgan fingerprint density at radius 2 is 1.88 bits per heavy atom. The van der Waals surface area contributed by atoms with E-state index in [-0.39, 0.29) is 5.92 Å². The summed E-state index contributed by atoms with van der Waals surface area (Å²) in [5.41, 5.74) is 9.10. The minimum Gasteiger partial charge on any atom is -0.402 e. The molecule has 1 heteroatoms. The molecule has 0 aromatic heterocycles. The second-order valence-corrected chi connectivity index (χ2v) is 4.20. The van der Waals surface area contributed by atoms with Crippen LogP contribution in [-0.4, -0.2) is 0 Å². The smallest absolute Gasteiger partial charge is 0.0419 e. The zero-order valence-corrected chi connectivity index (χ0v) is 8.98. The minimum absolute atomic E-state index is 0.151. The van der Waals surface area contributed by atoms with Gasteiger partial charge in [-0.1, -0.05) is 55.1 Å². The number of benzene rings is 2. The molecule has 2 aromatic rings. The molecule has 0 amide bonds. The third kappa shape index (κ3) is 1.18. The molecule has 0 spiro atoms. The zero-order chi connectivity index (χ0) is 11.1. The van der Waals surface area contributed by atoms with Crippen molar-refractivity contribution < 1.29 is 0 Å². The number of hydrogen-bond acceptors (Lipinski definition) is 1. The van der Waals surface area contributed by atoms with Crippen LogP contribution in [0.2, 0.25) is 0 Å². The van der Waals surface area contributed by atoms with Gasteiger partial charge >= 0.3 is 0 Å². The van der Waals surface area contributed by atoms with Gasteiger partial charge in [-0.15, -0.1) is 0 Å². The normalized spacial score (nSPS) is 17.6. The summed E-state index contributed by atoms with van der Waals surface area (Å²) in [7, 11) is 0. The molecule has 1 aliphatic rings. The van der Waals surface area contributed by atoms with Crippen molar-refractivity contribution in [2.24, 2.45) is 5.73 Å². The molecule has 0 radical (unpaired) electrons. The van der Waals surface area contributed by atoms with E-state index in [1.807, 2.05) is 0 Å². The van der Waals surface area contributed by atoms with Crippen molar-refractivity contribution in [1.29, 1.82) is 0 Å². The van der Waals surface area contributed by atoms with Crippen molar-refractivity contribution in [2.45, 2.75) is 5.92 Å². The molecule has 1 atom stereocenters. The molecule has 1 nitrogen and oxygen atoms in total. The Bertz CT molecular complexity index is 603. The quantitative estimate of drug-likeness (QED) is 0.761. The molecule has 16 heavy (non-hydrogen) atoms. The van der Waals surface area contributed by atoms with Crippen LogP contribution in [0.15, 0.2) is 54.8 Å². The van der Waals surface area contributed by atoms with E-state index in [0.29, 0.717) is 5.70 Å².